The zero-order chi connectivity index (χ0) is 17.7. The molecule has 24 heavy (non-hydrogen) atoms. The number of hydrazine groups is 1. The Morgan fingerprint density at radius 2 is 1.75 bits per heavy atom. The van der Waals surface area contributed by atoms with Crippen molar-refractivity contribution >= 4 is 11.5 Å². The van der Waals surface area contributed by atoms with Crippen LogP contribution in [-0.4, -0.2) is 61.1 Å². The molecule has 7 nitrogen and oxygen atoms in total. The third kappa shape index (κ3) is 4.52. The maximum absolute atomic E-state index is 6.14. The summed E-state index contributed by atoms with van der Waals surface area (Å²) in [6, 6.07) is 8.19. The maximum atomic E-state index is 6.14. The number of benzene rings is 1. The molecule has 0 aliphatic carbocycles. The van der Waals surface area contributed by atoms with E-state index in [-0.39, 0.29) is 5.54 Å². The zero-order valence-electron chi connectivity index (χ0n) is 15.2. The highest BCUT2D eigenvalue weighted by Gasteiger charge is 2.25. The Bertz CT molecular complexity index is 543. The van der Waals surface area contributed by atoms with Gasteiger partial charge in [0, 0.05) is 37.4 Å². The van der Waals surface area contributed by atoms with Crippen molar-refractivity contribution in [2.75, 3.05) is 44.7 Å². The second kappa shape index (κ2) is 7.72. The number of anilines is 1. The first kappa shape index (κ1) is 18.4. The van der Waals surface area contributed by atoms with Gasteiger partial charge >= 0.3 is 0 Å². The topological polar surface area (TPSA) is 83.4 Å². The van der Waals surface area contributed by atoms with Gasteiger partial charge in [0.2, 0.25) is 0 Å². The molecule has 0 saturated carbocycles. The Hall–Kier alpha value is -1.99. The van der Waals surface area contributed by atoms with Crippen molar-refractivity contribution in [3.63, 3.8) is 0 Å². The third-order valence-electron chi connectivity index (χ3n) is 4.32. The van der Waals surface area contributed by atoms with Crippen LogP contribution in [0.25, 0.3) is 0 Å². The van der Waals surface area contributed by atoms with Crippen LogP contribution in [0.3, 0.4) is 0 Å². The van der Waals surface area contributed by atoms with Crippen molar-refractivity contribution in [3.05, 3.63) is 24.3 Å². The molecule has 1 aliphatic rings. The molecule has 1 aromatic rings. The summed E-state index contributed by atoms with van der Waals surface area (Å²) in [4.78, 5) is 4.70. The monoisotopic (exact) mass is 334 g/mol. The zero-order valence-corrected chi connectivity index (χ0v) is 15.2. The first-order valence-electron chi connectivity index (χ1n) is 8.28. The van der Waals surface area contributed by atoms with Gasteiger partial charge in [-0.3, -0.25) is 9.91 Å². The quantitative estimate of drug-likeness (QED) is 0.371. The largest absolute Gasteiger partial charge is 0.497 e. The molecule has 0 unspecified atom stereocenters. The molecule has 2 rings (SSSR count). The summed E-state index contributed by atoms with van der Waals surface area (Å²) in [6.07, 6.45) is 0. The Labute approximate surface area is 144 Å². The minimum absolute atomic E-state index is 0.205. The minimum Gasteiger partial charge on any atom is -0.497 e. The van der Waals surface area contributed by atoms with Crippen LogP contribution in [0.4, 0.5) is 5.69 Å². The molecule has 1 saturated heterocycles. The molecule has 1 heterocycles. The number of hydrazone groups is 1. The summed E-state index contributed by atoms with van der Waals surface area (Å²) >= 11 is 0. The molecular weight excluding hydrogens is 304 g/mol. The second-order valence-electron chi connectivity index (χ2n) is 7.05. The normalized spacial score (nSPS) is 17.0. The van der Waals surface area contributed by atoms with Crippen LogP contribution in [0.1, 0.15) is 20.8 Å². The third-order valence-corrected chi connectivity index (χ3v) is 4.32. The van der Waals surface area contributed by atoms with Crippen molar-refractivity contribution in [1.29, 1.82) is 0 Å². The fourth-order valence-electron chi connectivity index (χ4n) is 2.72. The molecule has 134 valence electrons. The van der Waals surface area contributed by atoms with Crippen molar-refractivity contribution in [3.8, 4) is 5.75 Å². The molecule has 0 amide bonds. The molecule has 1 aliphatic heterocycles. The number of hydrogen-bond acceptors (Lipinski definition) is 6. The lowest BCUT2D eigenvalue weighted by atomic mass is 10.1. The van der Waals surface area contributed by atoms with Crippen molar-refractivity contribution in [2.24, 2.45) is 16.8 Å². The summed E-state index contributed by atoms with van der Waals surface area (Å²) in [5.41, 5.74) is 1.02. The number of methoxy groups -OCH3 is 1. The van der Waals surface area contributed by atoms with E-state index >= 15 is 0 Å². The van der Waals surface area contributed by atoms with Gasteiger partial charge in [-0.2, -0.15) is 5.10 Å². The lowest BCUT2D eigenvalue weighted by Crippen LogP contribution is -2.56. The molecule has 0 spiro atoms. The van der Waals surface area contributed by atoms with E-state index in [0.717, 1.165) is 31.9 Å². The van der Waals surface area contributed by atoms with Gasteiger partial charge in [0.05, 0.1) is 13.7 Å². The molecule has 0 radical (unpaired) electrons. The van der Waals surface area contributed by atoms with Crippen molar-refractivity contribution in [2.45, 2.75) is 26.3 Å². The first-order chi connectivity index (χ1) is 11.3. The molecule has 0 bridgehead atoms. The Kier molecular flexibility index (Phi) is 5.90. The van der Waals surface area contributed by atoms with E-state index in [1.807, 2.05) is 32.9 Å². The predicted octanol–water partition coefficient (Wildman–Crippen LogP) is 1.06. The highest BCUT2D eigenvalue weighted by atomic mass is 16.5. The molecule has 0 aromatic heterocycles. The van der Waals surface area contributed by atoms with E-state index in [2.05, 4.69) is 27.0 Å². The maximum Gasteiger partial charge on any atom is 0.153 e. The van der Waals surface area contributed by atoms with E-state index < -0.39 is 0 Å². The number of nitrogens with two attached hydrogens (primary N) is 2. The highest BCUT2D eigenvalue weighted by Crippen LogP contribution is 2.20. The molecule has 0 atom stereocenters. The number of amidine groups is 1. The summed E-state index contributed by atoms with van der Waals surface area (Å²) < 4.78 is 5.21. The van der Waals surface area contributed by atoms with E-state index in [0.29, 0.717) is 12.4 Å². The SMILES string of the molecule is COc1ccc(N2CCN(C/C(=N/N)N(N)C(C)(C)C)CC2)cc1. The van der Waals surface area contributed by atoms with Crippen LogP contribution in [0.5, 0.6) is 5.75 Å². The lowest BCUT2D eigenvalue weighted by molar-refractivity contribution is 0.218. The lowest BCUT2D eigenvalue weighted by Gasteiger charge is -2.39. The van der Waals surface area contributed by atoms with Gasteiger partial charge in [-0.25, -0.2) is 5.84 Å². The van der Waals surface area contributed by atoms with E-state index in [1.165, 1.54) is 5.69 Å². The van der Waals surface area contributed by atoms with Crippen LogP contribution >= 0.6 is 0 Å². The van der Waals surface area contributed by atoms with Crippen LogP contribution < -0.4 is 21.3 Å². The Morgan fingerprint density at radius 3 is 2.21 bits per heavy atom. The van der Waals surface area contributed by atoms with E-state index in [1.54, 1.807) is 12.1 Å². The molecule has 1 fully saturated rings. The van der Waals surface area contributed by atoms with E-state index in [9.17, 15) is 0 Å². The second-order valence-corrected chi connectivity index (χ2v) is 7.05. The number of ether oxygens (including phenoxy) is 1. The number of rotatable bonds is 4. The summed E-state index contributed by atoms with van der Waals surface area (Å²) in [5, 5.41) is 5.55. The van der Waals surface area contributed by atoms with Gasteiger partial charge in [-0.05, 0) is 45.0 Å². The average molecular weight is 334 g/mol. The fraction of sp³-hybridized carbons (Fsp3) is 0.588. The van der Waals surface area contributed by atoms with E-state index in [4.69, 9.17) is 16.4 Å². The summed E-state index contributed by atoms with van der Waals surface area (Å²) in [5.74, 6) is 13.3. The van der Waals surface area contributed by atoms with Crippen LogP contribution in [-0.2, 0) is 0 Å². The number of piperazine rings is 1. The van der Waals surface area contributed by atoms with Crippen molar-refractivity contribution in [1.82, 2.24) is 9.91 Å². The summed E-state index contributed by atoms with van der Waals surface area (Å²) in [6.45, 7) is 10.6. The van der Waals surface area contributed by atoms with Gasteiger partial charge < -0.3 is 15.5 Å². The number of nitrogens with zero attached hydrogens (tertiary/aromatic N) is 4. The highest BCUT2D eigenvalue weighted by molar-refractivity contribution is 5.84. The first-order valence-corrected chi connectivity index (χ1v) is 8.28. The summed E-state index contributed by atoms with van der Waals surface area (Å²) in [7, 11) is 1.68. The number of hydrogen-bond donors (Lipinski definition) is 2. The molecular formula is C17H30N6O. The molecule has 7 heteroatoms. The van der Waals surface area contributed by atoms with Gasteiger partial charge in [0.15, 0.2) is 5.84 Å². The fourth-order valence-corrected chi connectivity index (χ4v) is 2.72. The Balaban J connectivity index is 1.90. The Morgan fingerprint density at radius 1 is 1.17 bits per heavy atom. The van der Waals surface area contributed by atoms with Crippen LogP contribution in [0.2, 0.25) is 0 Å². The van der Waals surface area contributed by atoms with Gasteiger partial charge in [0.1, 0.15) is 5.75 Å². The van der Waals surface area contributed by atoms with Gasteiger partial charge in [-0.15, -0.1) is 0 Å². The standard InChI is InChI=1S/C17H30N6O/c1-17(2,3)23(19)16(20-18)13-21-9-11-22(12-10-21)14-5-7-15(24-4)8-6-14/h5-8H,9-13,18-19H2,1-4H3/b20-16-. The molecule has 4 N–H and O–H groups in total. The van der Waals surface area contributed by atoms with Crippen LogP contribution in [0, 0.1) is 0 Å². The molecule has 1 aromatic carbocycles. The smallest absolute Gasteiger partial charge is 0.153 e. The van der Waals surface area contributed by atoms with Crippen LogP contribution in [0.15, 0.2) is 29.4 Å². The average Bonchev–Trinajstić information content (AvgIpc) is 2.59. The minimum atomic E-state index is -0.205. The predicted molar refractivity (Wildman–Crippen MR) is 99.0 cm³/mol. The van der Waals surface area contributed by atoms with Crippen molar-refractivity contribution < 1.29 is 4.74 Å². The van der Waals surface area contributed by atoms with Gasteiger partial charge in [0.25, 0.3) is 0 Å². The van der Waals surface area contributed by atoms with Gasteiger partial charge in [-0.1, -0.05) is 0 Å².